The summed E-state index contributed by atoms with van der Waals surface area (Å²) in [6, 6.07) is 10.2. The van der Waals surface area contributed by atoms with E-state index in [4.69, 9.17) is 5.26 Å². The van der Waals surface area contributed by atoms with Crippen LogP contribution in [0.1, 0.15) is 23.7 Å². The van der Waals surface area contributed by atoms with Gasteiger partial charge in [0.1, 0.15) is 6.07 Å². The highest BCUT2D eigenvalue weighted by molar-refractivity contribution is 7.07. The second-order valence-corrected chi connectivity index (χ2v) is 5.51. The molecule has 23 heavy (non-hydrogen) atoms. The van der Waals surface area contributed by atoms with Gasteiger partial charge in [0.05, 0.1) is 17.4 Å². The van der Waals surface area contributed by atoms with Crippen LogP contribution >= 0.6 is 11.3 Å². The molecular weight excluding hydrogens is 314 g/mol. The number of thiophene rings is 1. The van der Waals surface area contributed by atoms with Crippen molar-refractivity contribution in [2.45, 2.75) is 12.5 Å². The Hall–Kier alpha value is -2.69. The number of carbonyl (C=O) groups is 2. The van der Waals surface area contributed by atoms with Crippen molar-refractivity contribution in [3.8, 4) is 6.07 Å². The number of anilines is 1. The molecule has 6 nitrogen and oxygen atoms in total. The van der Waals surface area contributed by atoms with Gasteiger partial charge in [0, 0.05) is 6.54 Å². The summed E-state index contributed by atoms with van der Waals surface area (Å²) in [5.41, 5.74) is 1.35. The van der Waals surface area contributed by atoms with Crippen LogP contribution in [0.25, 0.3) is 0 Å². The molecule has 2 amide bonds. The molecule has 2 aromatic rings. The third-order valence-electron chi connectivity index (χ3n) is 3.13. The van der Waals surface area contributed by atoms with Crippen LogP contribution in [-0.2, 0) is 9.59 Å². The standard InChI is InChI=1S/C16H15N3O3S/c17-9-11-3-1-2-4-13(11)19-16(22)15(21)18-7-5-14(20)12-6-8-23-10-12/h1-4,6,8,10,14,20H,5,7H2,(H,18,21)(H,19,22). The fourth-order valence-corrected chi connectivity index (χ4v) is 2.61. The molecule has 1 heterocycles. The molecule has 1 atom stereocenters. The van der Waals surface area contributed by atoms with E-state index >= 15 is 0 Å². The lowest BCUT2D eigenvalue weighted by molar-refractivity contribution is -0.136. The Kier molecular flexibility index (Phi) is 5.86. The molecule has 0 aliphatic heterocycles. The third kappa shape index (κ3) is 4.64. The number of hydrogen-bond acceptors (Lipinski definition) is 5. The van der Waals surface area contributed by atoms with Gasteiger partial charge in [-0.05, 0) is 40.9 Å². The first-order valence-corrected chi connectivity index (χ1v) is 7.84. The molecule has 1 aromatic heterocycles. The van der Waals surface area contributed by atoms with E-state index in [1.54, 1.807) is 24.3 Å². The van der Waals surface area contributed by atoms with Crippen LogP contribution in [0, 0.1) is 11.3 Å². The highest BCUT2D eigenvalue weighted by Gasteiger charge is 2.15. The first kappa shape index (κ1) is 16.7. The minimum Gasteiger partial charge on any atom is -0.388 e. The Morgan fingerprint density at radius 3 is 2.74 bits per heavy atom. The van der Waals surface area contributed by atoms with Gasteiger partial charge in [0.25, 0.3) is 0 Å². The van der Waals surface area contributed by atoms with Gasteiger partial charge in [-0.25, -0.2) is 0 Å². The molecule has 0 aliphatic carbocycles. The summed E-state index contributed by atoms with van der Waals surface area (Å²) in [7, 11) is 0. The van der Waals surface area contributed by atoms with Crippen molar-refractivity contribution in [1.29, 1.82) is 5.26 Å². The molecule has 118 valence electrons. The van der Waals surface area contributed by atoms with Crippen LogP contribution in [0.3, 0.4) is 0 Å². The molecule has 0 saturated heterocycles. The quantitative estimate of drug-likeness (QED) is 0.728. The van der Waals surface area contributed by atoms with Crippen LogP contribution in [0.5, 0.6) is 0 Å². The molecule has 0 fully saturated rings. The maximum absolute atomic E-state index is 11.8. The smallest absolute Gasteiger partial charge is 0.313 e. The molecule has 1 aromatic carbocycles. The third-order valence-corrected chi connectivity index (χ3v) is 3.83. The Morgan fingerprint density at radius 1 is 1.26 bits per heavy atom. The largest absolute Gasteiger partial charge is 0.388 e. The van der Waals surface area contributed by atoms with E-state index in [2.05, 4.69) is 10.6 Å². The maximum atomic E-state index is 11.8. The summed E-state index contributed by atoms with van der Waals surface area (Å²) in [5, 5.41) is 27.3. The second-order valence-electron chi connectivity index (χ2n) is 4.73. The number of nitrogens with one attached hydrogen (secondary N) is 2. The molecule has 2 rings (SSSR count). The number of nitriles is 1. The van der Waals surface area contributed by atoms with E-state index < -0.39 is 17.9 Å². The summed E-state index contributed by atoms with van der Waals surface area (Å²) < 4.78 is 0. The first-order valence-electron chi connectivity index (χ1n) is 6.90. The monoisotopic (exact) mass is 329 g/mol. The summed E-state index contributed by atoms with van der Waals surface area (Å²) in [5.74, 6) is -1.66. The number of benzene rings is 1. The number of rotatable bonds is 5. The zero-order valence-electron chi connectivity index (χ0n) is 12.2. The number of aliphatic hydroxyl groups is 1. The van der Waals surface area contributed by atoms with Crippen molar-refractivity contribution < 1.29 is 14.7 Å². The van der Waals surface area contributed by atoms with E-state index in [0.29, 0.717) is 6.42 Å². The highest BCUT2D eigenvalue weighted by Crippen LogP contribution is 2.18. The Bertz CT molecular complexity index is 722. The van der Waals surface area contributed by atoms with Gasteiger partial charge in [-0.15, -0.1) is 0 Å². The molecule has 3 N–H and O–H groups in total. The van der Waals surface area contributed by atoms with Crippen LogP contribution < -0.4 is 10.6 Å². The Morgan fingerprint density at radius 2 is 2.04 bits per heavy atom. The topological polar surface area (TPSA) is 102 Å². The molecule has 0 radical (unpaired) electrons. The van der Waals surface area contributed by atoms with Gasteiger partial charge in [0.15, 0.2) is 0 Å². The average Bonchev–Trinajstić information content (AvgIpc) is 3.09. The Balaban J connectivity index is 1.81. The second kappa shape index (κ2) is 8.08. The minimum absolute atomic E-state index is 0.170. The fraction of sp³-hybridized carbons (Fsp3) is 0.188. The molecule has 0 saturated carbocycles. The number of carbonyl (C=O) groups excluding carboxylic acids is 2. The average molecular weight is 329 g/mol. The van der Waals surface area contributed by atoms with Crippen LogP contribution in [-0.4, -0.2) is 23.5 Å². The summed E-state index contributed by atoms with van der Waals surface area (Å²) in [6.45, 7) is 0.170. The lowest BCUT2D eigenvalue weighted by Crippen LogP contribution is -2.36. The van der Waals surface area contributed by atoms with Gasteiger partial charge < -0.3 is 15.7 Å². The highest BCUT2D eigenvalue weighted by atomic mass is 32.1. The first-order chi connectivity index (χ1) is 11.1. The summed E-state index contributed by atoms with van der Waals surface area (Å²) in [4.78, 5) is 23.5. The SMILES string of the molecule is N#Cc1ccccc1NC(=O)C(=O)NCCC(O)c1ccsc1. The van der Waals surface area contributed by atoms with E-state index in [1.807, 2.05) is 22.9 Å². The normalized spacial score (nSPS) is 11.3. The molecule has 7 heteroatoms. The predicted octanol–water partition coefficient (Wildman–Crippen LogP) is 1.80. The molecule has 0 bridgehead atoms. The molecule has 0 spiro atoms. The Labute approximate surface area is 137 Å². The number of para-hydroxylation sites is 1. The minimum atomic E-state index is -0.849. The van der Waals surface area contributed by atoms with Crippen molar-refractivity contribution in [3.05, 3.63) is 52.2 Å². The van der Waals surface area contributed by atoms with Crippen LogP contribution in [0.2, 0.25) is 0 Å². The van der Waals surface area contributed by atoms with Crippen molar-refractivity contribution in [2.24, 2.45) is 0 Å². The van der Waals surface area contributed by atoms with E-state index in [1.165, 1.54) is 11.3 Å². The summed E-state index contributed by atoms with van der Waals surface area (Å²) in [6.07, 6.45) is -0.367. The number of aliphatic hydroxyl groups excluding tert-OH is 1. The fourth-order valence-electron chi connectivity index (χ4n) is 1.90. The summed E-state index contributed by atoms with van der Waals surface area (Å²) >= 11 is 1.48. The molecular formula is C16H15N3O3S. The van der Waals surface area contributed by atoms with E-state index in [-0.39, 0.29) is 17.8 Å². The van der Waals surface area contributed by atoms with Gasteiger partial charge in [-0.1, -0.05) is 12.1 Å². The van der Waals surface area contributed by atoms with Crippen molar-refractivity contribution in [2.75, 3.05) is 11.9 Å². The predicted molar refractivity (Wildman–Crippen MR) is 86.7 cm³/mol. The van der Waals surface area contributed by atoms with Crippen molar-refractivity contribution in [3.63, 3.8) is 0 Å². The van der Waals surface area contributed by atoms with E-state index in [9.17, 15) is 14.7 Å². The molecule has 0 aliphatic rings. The number of hydrogen-bond donors (Lipinski definition) is 3. The zero-order valence-corrected chi connectivity index (χ0v) is 13.0. The van der Waals surface area contributed by atoms with Crippen LogP contribution in [0.4, 0.5) is 5.69 Å². The van der Waals surface area contributed by atoms with Gasteiger partial charge in [-0.3, -0.25) is 9.59 Å². The van der Waals surface area contributed by atoms with Gasteiger partial charge in [-0.2, -0.15) is 16.6 Å². The molecule has 1 unspecified atom stereocenters. The lowest BCUT2D eigenvalue weighted by Gasteiger charge is -2.10. The van der Waals surface area contributed by atoms with Gasteiger partial charge in [0.2, 0.25) is 0 Å². The van der Waals surface area contributed by atoms with Crippen molar-refractivity contribution >= 4 is 28.8 Å². The zero-order chi connectivity index (χ0) is 16.7. The van der Waals surface area contributed by atoms with E-state index in [0.717, 1.165) is 5.56 Å². The van der Waals surface area contributed by atoms with Gasteiger partial charge >= 0.3 is 11.8 Å². The number of nitrogens with zero attached hydrogens (tertiary/aromatic N) is 1. The maximum Gasteiger partial charge on any atom is 0.313 e. The van der Waals surface area contributed by atoms with Crippen LogP contribution in [0.15, 0.2) is 41.1 Å². The number of amides is 2. The lowest BCUT2D eigenvalue weighted by atomic mass is 10.1. The van der Waals surface area contributed by atoms with Crippen molar-refractivity contribution in [1.82, 2.24) is 5.32 Å².